The molecular formula is C73H57N. The van der Waals surface area contributed by atoms with Crippen molar-refractivity contribution in [3.63, 3.8) is 0 Å². The van der Waals surface area contributed by atoms with Gasteiger partial charge in [-0.15, -0.1) is 0 Å². The Hall–Kier alpha value is -8.52. The van der Waals surface area contributed by atoms with Crippen molar-refractivity contribution in [3.05, 3.63) is 305 Å². The van der Waals surface area contributed by atoms with Crippen LogP contribution in [0, 0.1) is 0 Å². The molecule has 0 radical (unpaired) electrons. The smallest absolute Gasteiger partial charge is 0.0713 e. The van der Waals surface area contributed by atoms with Gasteiger partial charge in [0.2, 0.25) is 0 Å². The molecule has 0 heterocycles. The van der Waals surface area contributed by atoms with Gasteiger partial charge in [-0.2, -0.15) is 0 Å². The first kappa shape index (κ1) is 44.2. The Morgan fingerprint density at radius 3 is 1.55 bits per heavy atom. The third kappa shape index (κ3) is 6.69. The van der Waals surface area contributed by atoms with Crippen molar-refractivity contribution in [2.75, 3.05) is 4.90 Å². The van der Waals surface area contributed by atoms with Crippen molar-refractivity contribution in [3.8, 4) is 44.5 Å². The highest BCUT2D eigenvalue weighted by molar-refractivity contribution is 6.06. The minimum Gasteiger partial charge on any atom is -0.309 e. The summed E-state index contributed by atoms with van der Waals surface area (Å²) in [5.41, 5.74) is 23.1. The number of hydrogen-bond donors (Lipinski definition) is 0. The predicted molar refractivity (Wildman–Crippen MR) is 310 cm³/mol. The normalized spacial score (nSPS) is 16.3. The van der Waals surface area contributed by atoms with Gasteiger partial charge in [0, 0.05) is 22.1 Å². The molecule has 0 amide bonds. The second kappa shape index (κ2) is 17.9. The molecule has 74 heavy (non-hydrogen) atoms. The molecule has 354 valence electrons. The molecule has 1 heteroatoms. The summed E-state index contributed by atoms with van der Waals surface area (Å²) in [6.07, 6.45) is 6.40. The van der Waals surface area contributed by atoms with Crippen LogP contribution in [-0.4, -0.2) is 0 Å². The second-order valence-corrected chi connectivity index (χ2v) is 21.0. The van der Waals surface area contributed by atoms with Gasteiger partial charge in [-0.3, -0.25) is 0 Å². The zero-order valence-corrected chi connectivity index (χ0v) is 41.9. The highest BCUT2D eigenvalue weighted by Crippen LogP contribution is 2.60. The number of benzene rings is 11. The van der Waals surface area contributed by atoms with Crippen molar-refractivity contribution in [1.82, 2.24) is 0 Å². The molecule has 1 nitrogen and oxygen atoms in total. The molecule has 14 rings (SSSR count). The van der Waals surface area contributed by atoms with Crippen LogP contribution in [0.15, 0.2) is 261 Å². The van der Waals surface area contributed by atoms with E-state index in [2.05, 4.69) is 273 Å². The predicted octanol–water partition coefficient (Wildman–Crippen LogP) is 19.4. The summed E-state index contributed by atoms with van der Waals surface area (Å²) < 4.78 is 0. The molecule has 3 aliphatic carbocycles. The van der Waals surface area contributed by atoms with Gasteiger partial charge in [-0.25, -0.2) is 0 Å². The van der Waals surface area contributed by atoms with Crippen LogP contribution < -0.4 is 4.90 Å². The number of rotatable bonds is 9. The third-order valence-corrected chi connectivity index (χ3v) is 17.2. The summed E-state index contributed by atoms with van der Waals surface area (Å²) >= 11 is 0. The fourth-order valence-electron chi connectivity index (χ4n) is 13.9. The van der Waals surface area contributed by atoms with Crippen LogP contribution in [0.3, 0.4) is 0 Å². The lowest BCUT2D eigenvalue weighted by Crippen LogP contribution is -2.28. The number of hydrogen-bond acceptors (Lipinski definition) is 1. The molecule has 0 spiro atoms. The van der Waals surface area contributed by atoms with Gasteiger partial charge in [0.25, 0.3) is 0 Å². The van der Waals surface area contributed by atoms with Crippen LogP contribution in [0.25, 0.3) is 55.3 Å². The fraction of sp³-hybridized carbons (Fsp3) is 0.123. The molecule has 0 aromatic heterocycles. The minimum absolute atomic E-state index is 0.369. The SMILES string of the molecule is CC1(c2ccccc2)c2ccccc2-c2c(N(c3ccccc3-c3ccc4c(c3)C(c3ccccc3)(c3ccccc3)c3ccccc3-4)c3ccccc3-c3cccc4cccc(C5CCCCC5)c34)cccc21. The number of nitrogens with zero attached hydrogens (tertiary/aromatic N) is 1. The Morgan fingerprint density at radius 1 is 0.351 bits per heavy atom. The van der Waals surface area contributed by atoms with E-state index in [9.17, 15) is 0 Å². The first-order chi connectivity index (χ1) is 36.6. The largest absolute Gasteiger partial charge is 0.309 e. The summed E-state index contributed by atoms with van der Waals surface area (Å²) in [7, 11) is 0. The molecule has 1 atom stereocenters. The van der Waals surface area contributed by atoms with Gasteiger partial charge in [0.15, 0.2) is 0 Å². The zero-order chi connectivity index (χ0) is 49.2. The van der Waals surface area contributed by atoms with Crippen molar-refractivity contribution in [2.24, 2.45) is 0 Å². The van der Waals surface area contributed by atoms with Gasteiger partial charge in [0.1, 0.15) is 0 Å². The number of fused-ring (bicyclic) bond motifs is 7. The van der Waals surface area contributed by atoms with E-state index in [4.69, 9.17) is 0 Å². The molecule has 1 saturated carbocycles. The molecule has 11 aromatic rings. The maximum atomic E-state index is 2.63. The fourth-order valence-corrected chi connectivity index (χ4v) is 13.9. The van der Waals surface area contributed by atoms with E-state index in [0.29, 0.717) is 5.92 Å². The maximum Gasteiger partial charge on any atom is 0.0713 e. The van der Waals surface area contributed by atoms with Crippen molar-refractivity contribution >= 4 is 27.8 Å². The Kier molecular flexibility index (Phi) is 10.7. The summed E-state index contributed by atoms with van der Waals surface area (Å²) in [5.74, 6) is 0.548. The summed E-state index contributed by atoms with van der Waals surface area (Å²) in [6.45, 7) is 2.43. The molecule has 0 bridgehead atoms. The quantitative estimate of drug-likeness (QED) is 0.139. The van der Waals surface area contributed by atoms with Crippen molar-refractivity contribution in [2.45, 2.75) is 55.8 Å². The van der Waals surface area contributed by atoms with Crippen LogP contribution in [-0.2, 0) is 10.8 Å². The first-order valence-electron chi connectivity index (χ1n) is 26.8. The molecule has 0 saturated heterocycles. The second-order valence-electron chi connectivity index (χ2n) is 21.0. The molecule has 11 aromatic carbocycles. The Balaban J connectivity index is 1.05. The Labute approximate surface area is 436 Å². The van der Waals surface area contributed by atoms with E-state index >= 15 is 0 Å². The molecule has 3 aliphatic rings. The zero-order valence-electron chi connectivity index (χ0n) is 41.9. The average molecular weight is 948 g/mol. The van der Waals surface area contributed by atoms with Crippen LogP contribution in [0.4, 0.5) is 17.1 Å². The van der Waals surface area contributed by atoms with E-state index in [1.807, 2.05) is 0 Å². The summed E-state index contributed by atoms with van der Waals surface area (Å²) in [4.78, 5) is 2.63. The van der Waals surface area contributed by atoms with E-state index < -0.39 is 5.41 Å². The Morgan fingerprint density at radius 2 is 0.851 bits per heavy atom. The van der Waals surface area contributed by atoms with Gasteiger partial charge in [0.05, 0.1) is 22.5 Å². The van der Waals surface area contributed by atoms with E-state index in [1.165, 1.54) is 138 Å². The molecule has 0 aliphatic heterocycles. The lowest BCUT2D eigenvalue weighted by Gasteiger charge is -2.34. The van der Waals surface area contributed by atoms with Crippen LogP contribution >= 0.6 is 0 Å². The standard InChI is InChI=1S/C73H57N/c1-72(53-29-8-3-9-30-53)63-41-18-15-38-62(63)71-65(72)43-24-46-69(71)74(68-45-21-17-37-60(68)61-40-23-28-51-27-22-39-57(70(51)61)50-25-6-2-7-26-50)67-44-20-16-35-56(67)52-47-48-59-58-36-14-19-42-64(58)73(66(59)49-52,54-31-10-4-11-32-54)55-33-12-5-13-34-55/h3-5,8-24,27-50H,2,6-7,25-26H2,1H3. The first-order valence-corrected chi connectivity index (χ1v) is 26.8. The van der Waals surface area contributed by atoms with Gasteiger partial charge >= 0.3 is 0 Å². The summed E-state index contributed by atoms with van der Waals surface area (Å²) in [5, 5.41) is 2.69. The number of para-hydroxylation sites is 2. The molecule has 0 N–H and O–H groups in total. The highest BCUT2D eigenvalue weighted by atomic mass is 15.2. The van der Waals surface area contributed by atoms with Crippen LogP contribution in [0.1, 0.15) is 89.5 Å². The third-order valence-electron chi connectivity index (χ3n) is 17.2. The molecule has 1 fully saturated rings. The maximum absolute atomic E-state index is 2.63. The minimum atomic E-state index is -0.526. The lowest BCUT2D eigenvalue weighted by atomic mass is 9.67. The van der Waals surface area contributed by atoms with Crippen molar-refractivity contribution in [1.29, 1.82) is 0 Å². The van der Waals surface area contributed by atoms with Crippen LogP contribution in [0.2, 0.25) is 0 Å². The lowest BCUT2D eigenvalue weighted by molar-refractivity contribution is 0.445. The average Bonchev–Trinajstić information content (AvgIpc) is 3.94. The van der Waals surface area contributed by atoms with Gasteiger partial charge in [-0.05, 0) is 133 Å². The Bertz CT molecular complexity index is 3860. The van der Waals surface area contributed by atoms with E-state index in [1.54, 1.807) is 0 Å². The van der Waals surface area contributed by atoms with Crippen LogP contribution in [0.5, 0.6) is 0 Å². The molecular weight excluding hydrogens is 891 g/mol. The summed E-state index contributed by atoms with van der Waals surface area (Å²) in [6, 6.07) is 98.5. The molecule has 1 unspecified atom stereocenters. The van der Waals surface area contributed by atoms with E-state index in [0.717, 1.165) is 11.4 Å². The van der Waals surface area contributed by atoms with E-state index in [-0.39, 0.29) is 5.41 Å². The highest BCUT2D eigenvalue weighted by Gasteiger charge is 2.47. The van der Waals surface area contributed by atoms with Crippen molar-refractivity contribution < 1.29 is 0 Å². The number of anilines is 3. The topological polar surface area (TPSA) is 3.24 Å². The monoisotopic (exact) mass is 947 g/mol. The van der Waals surface area contributed by atoms with Gasteiger partial charge < -0.3 is 4.90 Å². The van der Waals surface area contributed by atoms with Gasteiger partial charge in [-0.1, -0.05) is 256 Å².